The van der Waals surface area contributed by atoms with E-state index in [1.165, 1.54) is 12.1 Å². The highest BCUT2D eigenvalue weighted by molar-refractivity contribution is 5.78. The fourth-order valence-corrected chi connectivity index (χ4v) is 2.66. The molecule has 1 saturated heterocycles. The predicted molar refractivity (Wildman–Crippen MR) is 87.5 cm³/mol. The molecule has 0 aliphatic carbocycles. The molecule has 128 valence electrons. The predicted octanol–water partition coefficient (Wildman–Crippen LogP) is 1.11. The van der Waals surface area contributed by atoms with Gasteiger partial charge >= 0.3 is 0 Å². The topological polar surface area (TPSA) is 82.0 Å². The zero-order valence-corrected chi connectivity index (χ0v) is 13.6. The van der Waals surface area contributed by atoms with Crippen LogP contribution in [0.1, 0.15) is 18.9 Å². The van der Waals surface area contributed by atoms with Crippen LogP contribution in [0.3, 0.4) is 0 Å². The second kappa shape index (κ2) is 8.74. The molecule has 1 fully saturated rings. The Bertz CT molecular complexity index is 515. The molecule has 0 saturated carbocycles. The van der Waals surface area contributed by atoms with Gasteiger partial charge < -0.3 is 20.3 Å². The van der Waals surface area contributed by atoms with Gasteiger partial charge in [0.15, 0.2) is 11.5 Å². The van der Waals surface area contributed by atoms with Gasteiger partial charge in [-0.3, -0.25) is 9.69 Å². The Labute approximate surface area is 137 Å². The number of amides is 1. The lowest BCUT2D eigenvalue weighted by Gasteiger charge is -2.26. The van der Waals surface area contributed by atoms with Crippen molar-refractivity contribution in [1.82, 2.24) is 10.2 Å². The first-order valence-electron chi connectivity index (χ1n) is 8.15. The molecule has 23 heavy (non-hydrogen) atoms. The summed E-state index contributed by atoms with van der Waals surface area (Å²) in [6.07, 6.45) is 1.46. The lowest BCUT2D eigenvalue weighted by atomic mass is 10.00. The highest BCUT2D eigenvalue weighted by Gasteiger charge is 2.14. The summed E-state index contributed by atoms with van der Waals surface area (Å²) in [5, 5.41) is 21.7. The third-order valence-electron chi connectivity index (χ3n) is 4.08. The van der Waals surface area contributed by atoms with Gasteiger partial charge in [-0.2, -0.15) is 0 Å². The monoisotopic (exact) mass is 322 g/mol. The average Bonchev–Trinajstić information content (AvgIpc) is 2.55. The van der Waals surface area contributed by atoms with E-state index in [1.807, 2.05) is 6.92 Å². The molecule has 3 N–H and O–H groups in total. The first-order valence-corrected chi connectivity index (χ1v) is 8.15. The number of aromatic hydroxyl groups is 2. The number of nitrogens with zero attached hydrogens (tertiary/aromatic N) is 1. The summed E-state index contributed by atoms with van der Waals surface area (Å²) >= 11 is 0. The minimum Gasteiger partial charge on any atom is -0.504 e. The van der Waals surface area contributed by atoms with E-state index in [4.69, 9.17) is 4.74 Å². The molecule has 6 nitrogen and oxygen atoms in total. The summed E-state index contributed by atoms with van der Waals surface area (Å²) in [5.41, 5.74) is 0.830. The summed E-state index contributed by atoms with van der Waals surface area (Å²) in [7, 11) is 0. The van der Waals surface area contributed by atoms with Gasteiger partial charge in [0.2, 0.25) is 5.91 Å². The number of phenolic OH excluding ortho intramolecular Hbond substituents is 2. The van der Waals surface area contributed by atoms with E-state index < -0.39 is 0 Å². The summed E-state index contributed by atoms with van der Waals surface area (Å²) in [4.78, 5) is 14.4. The number of benzene rings is 1. The van der Waals surface area contributed by atoms with Crippen molar-refractivity contribution in [1.29, 1.82) is 0 Å². The van der Waals surface area contributed by atoms with Crippen LogP contribution in [0, 0.1) is 5.92 Å². The Morgan fingerprint density at radius 3 is 2.74 bits per heavy atom. The molecule has 0 spiro atoms. The molecule has 0 aromatic heterocycles. The third-order valence-corrected chi connectivity index (χ3v) is 4.08. The number of rotatable bonds is 7. The molecule has 0 bridgehead atoms. The van der Waals surface area contributed by atoms with Crippen LogP contribution < -0.4 is 5.32 Å². The fourth-order valence-electron chi connectivity index (χ4n) is 2.66. The summed E-state index contributed by atoms with van der Waals surface area (Å²) in [6.45, 7) is 7.03. The minimum atomic E-state index is -0.178. The van der Waals surface area contributed by atoms with Crippen molar-refractivity contribution < 1.29 is 19.7 Å². The lowest BCUT2D eigenvalue weighted by Crippen LogP contribution is -2.38. The van der Waals surface area contributed by atoms with Crippen molar-refractivity contribution in [2.75, 3.05) is 39.4 Å². The molecule has 1 aromatic rings. The highest BCUT2D eigenvalue weighted by Crippen LogP contribution is 2.26. The Morgan fingerprint density at radius 1 is 1.30 bits per heavy atom. The van der Waals surface area contributed by atoms with Crippen LogP contribution >= 0.6 is 0 Å². The number of phenols is 2. The largest absolute Gasteiger partial charge is 0.504 e. The number of hydrogen-bond donors (Lipinski definition) is 3. The van der Waals surface area contributed by atoms with E-state index in [9.17, 15) is 15.0 Å². The number of carbonyl (C=O) groups excluding carboxylic acids is 1. The molecule has 1 unspecified atom stereocenters. The fraction of sp³-hybridized carbons (Fsp3) is 0.588. The molecular formula is C17H26N2O4. The van der Waals surface area contributed by atoms with Crippen LogP contribution in [-0.4, -0.2) is 60.4 Å². The standard InChI is InChI=1S/C17H26N2O4/c1-13(11-14-3-4-15(20)16(21)12-14)17(22)18-5-2-6-19-7-9-23-10-8-19/h3-4,12-13,20-21H,2,5-11H2,1H3,(H,18,22). The van der Waals surface area contributed by atoms with Crippen molar-refractivity contribution in [2.45, 2.75) is 19.8 Å². The molecule has 1 aliphatic heterocycles. The molecule has 1 atom stereocenters. The Morgan fingerprint density at radius 2 is 2.04 bits per heavy atom. The number of nitrogens with one attached hydrogen (secondary N) is 1. The molecule has 1 heterocycles. The second-order valence-electron chi connectivity index (χ2n) is 6.03. The van der Waals surface area contributed by atoms with Crippen molar-refractivity contribution in [2.24, 2.45) is 5.92 Å². The smallest absolute Gasteiger partial charge is 0.223 e. The van der Waals surface area contributed by atoms with Gasteiger partial charge in [0.1, 0.15) is 0 Å². The maximum atomic E-state index is 12.1. The van der Waals surface area contributed by atoms with Crippen molar-refractivity contribution >= 4 is 5.91 Å². The molecule has 1 aliphatic rings. The maximum absolute atomic E-state index is 12.1. The number of carbonyl (C=O) groups is 1. The third kappa shape index (κ3) is 5.73. The van der Waals surface area contributed by atoms with E-state index in [2.05, 4.69) is 10.2 Å². The zero-order valence-electron chi connectivity index (χ0n) is 13.6. The first kappa shape index (κ1) is 17.6. The van der Waals surface area contributed by atoms with Crippen LogP contribution in [0.2, 0.25) is 0 Å². The summed E-state index contributed by atoms with van der Waals surface area (Å²) in [6, 6.07) is 4.66. The number of ether oxygens (including phenoxy) is 1. The molecule has 1 aromatic carbocycles. The van der Waals surface area contributed by atoms with Gasteiger partial charge in [-0.25, -0.2) is 0 Å². The van der Waals surface area contributed by atoms with E-state index in [0.29, 0.717) is 13.0 Å². The number of hydrogen-bond acceptors (Lipinski definition) is 5. The van der Waals surface area contributed by atoms with Crippen LogP contribution in [0.4, 0.5) is 0 Å². The van der Waals surface area contributed by atoms with Crippen molar-refractivity contribution in [3.05, 3.63) is 23.8 Å². The lowest BCUT2D eigenvalue weighted by molar-refractivity contribution is -0.124. The second-order valence-corrected chi connectivity index (χ2v) is 6.03. The summed E-state index contributed by atoms with van der Waals surface area (Å²) < 4.78 is 5.30. The van der Waals surface area contributed by atoms with Gasteiger partial charge in [-0.15, -0.1) is 0 Å². The molecular weight excluding hydrogens is 296 g/mol. The van der Waals surface area contributed by atoms with Gasteiger partial charge in [0.05, 0.1) is 13.2 Å². The quantitative estimate of drug-likeness (QED) is 0.517. The van der Waals surface area contributed by atoms with Crippen LogP contribution in [0.5, 0.6) is 11.5 Å². The molecule has 6 heteroatoms. The normalized spacial score (nSPS) is 16.9. The van der Waals surface area contributed by atoms with Gasteiger partial charge in [-0.05, 0) is 37.1 Å². The summed E-state index contributed by atoms with van der Waals surface area (Å²) in [5.74, 6) is -0.462. The minimum absolute atomic E-state index is 0.0135. The van der Waals surface area contributed by atoms with E-state index >= 15 is 0 Å². The van der Waals surface area contributed by atoms with Gasteiger partial charge in [-0.1, -0.05) is 13.0 Å². The van der Waals surface area contributed by atoms with Crippen LogP contribution in [-0.2, 0) is 16.0 Å². The van der Waals surface area contributed by atoms with Crippen LogP contribution in [0.15, 0.2) is 18.2 Å². The first-order chi connectivity index (χ1) is 11.1. The van der Waals surface area contributed by atoms with E-state index in [-0.39, 0.29) is 23.3 Å². The number of morpholine rings is 1. The molecule has 0 radical (unpaired) electrons. The zero-order chi connectivity index (χ0) is 16.7. The van der Waals surface area contributed by atoms with E-state index in [0.717, 1.165) is 44.8 Å². The van der Waals surface area contributed by atoms with Crippen LogP contribution in [0.25, 0.3) is 0 Å². The Balaban J connectivity index is 1.66. The molecule has 2 rings (SSSR count). The van der Waals surface area contributed by atoms with E-state index in [1.54, 1.807) is 6.07 Å². The SMILES string of the molecule is CC(Cc1ccc(O)c(O)c1)C(=O)NCCCN1CCOCC1. The maximum Gasteiger partial charge on any atom is 0.223 e. The Hall–Kier alpha value is -1.79. The average molecular weight is 322 g/mol. The van der Waals surface area contributed by atoms with Crippen molar-refractivity contribution in [3.8, 4) is 11.5 Å². The highest BCUT2D eigenvalue weighted by atomic mass is 16.5. The Kier molecular flexibility index (Phi) is 6.67. The molecule has 1 amide bonds. The van der Waals surface area contributed by atoms with Crippen molar-refractivity contribution in [3.63, 3.8) is 0 Å². The van der Waals surface area contributed by atoms with Gasteiger partial charge in [0.25, 0.3) is 0 Å². The van der Waals surface area contributed by atoms with Gasteiger partial charge in [0, 0.05) is 25.6 Å².